The Bertz CT molecular complexity index is 253. The normalized spacial score (nSPS) is 9.40. The van der Waals surface area contributed by atoms with Gasteiger partial charge in [0.1, 0.15) is 0 Å². The minimum absolute atomic E-state index is 1.22. The van der Waals surface area contributed by atoms with Crippen LogP contribution in [0.4, 0.5) is 0 Å². The molecule has 52 valence electrons. The highest BCUT2D eigenvalue weighted by Crippen LogP contribution is 2.19. The zero-order chi connectivity index (χ0) is 7.56. The van der Waals surface area contributed by atoms with Crippen molar-refractivity contribution in [2.45, 2.75) is 0 Å². The van der Waals surface area contributed by atoms with Gasteiger partial charge in [-0.3, -0.25) is 0 Å². The van der Waals surface area contributed by atoms with Gasteiger partial charge in [-0.25, -0.2) is 0 Å². The summed E-state index contributed by atoms with van der Waals surface area (Å²) in [4.78, 5) is 0. The molecule has 0 saturated heterocycles. The van der Waals surface area contributed by atoms with Gasteiger partial charge >= 0.3 is 0 Å². The van der Waals surface area contributed by atoms with E-state index in [2.05, 4.69) is 63.9 Å². The predicted molar refractivity (Wildman–Crippen MR) is 62.0 cm³/mol. The molecule has 1 aromatic rings. The van der Waals surface area contributed by atoms with Gasteiger partial charge < -0.3 is 0 Å². The first kappa shape index (κ1) is 8.52. The molecule has 1 rings (SSSR count). The Balaban J connectivity index is 3.27. The van der Waals surface area contributed by atoms with Crippen molar-refractivity contribution in [3.8, 4) is 0 Å². The molecular weight excluding hydrogens is 350 g/mol. The summed E-state index contributed by atoms with van der Waals surface area (Å²) in [6.07, 6.45) is 1.88. The zero-order valence-corrected chi connectivity index (χ0v) is 9.59. The molecule has 0 spiro atoms. The van der Waals surface area contributed by atoms with Crippen LogP contribution in [-0.2, 0) is 0 Å². The molecule has 0 nitrogen and oxygen atoms in total. The topological polar surface area (TPSA) is 0 Å². The maximum Gasteiger partial charge on any atom is 0.0336 e. The Morgan fingerprint density at radius 1 is 1.30 bits per heavy atom. The number of halogens is 2. The van der Waals surface area contributed by atoms with E-state index in [9.17, 15) is 0 Å². The summed E-state index contributed by atoms with van der Waals surface area (Å²) in [6, 6.07) is 6.20. The van der Waals surface area contributed by atoms with Crippen molar-refractivity contribution < 1.29 is 0 Å². The summed E-state index contributed by atoms with van der Waals surface area (Å²) < 4.78 is 2.58. The van der Waals surface area contributed by atoms with Gasteiger partial charge in [-0.15, -0.1) is 0 Å². The van der Waals surface area contributed by atoms with E-state index >= 15 is 0 Å². The molecule has 0 bridgehead atoms. The van der Waals surface area contributed by atoms with Crippen LogP contribution < -0.4 is 0 Å². The van der Waals surface area contributed by atoms with Crippen molar-refractivity contribution in [3.05, 3.63) is 37.5 Å². The van der Waals surface area contributed by atoms with Gasteiger partial charge in [-0.2, -0.15) is 0 Å². The van der Waals surface area contributed by atoms with Crippen molar-refractivity contribution in [1.82, 2.24) is 0 Å². The SMILES string of the molecule is C=Cc1cccc(I)c1I. The summed E-state index contributed by atoms with van der Waals surface area (Å²) in [5, 5.41) is 0. The van der Waals surface area contributed by atoms with Crippen LogP contribution in [0.2, 0.25) is 0 Å². The molecule has 0 aliphatic carbocycles. The minimum Gasteiger partial charge on any atom is -0.0984 e. The van der Waals surface area contributed by atoms with Gasteiger partial charge in [0, 0.05) is 7.14 Å². The Morgan fingerprint density at radius 3 is 2.50 bits per heavy atom. The molecule has 10 heavy (non-hydrogen) atoms. The number of hydrogen-bond acceptors (Lipinski definition) is 0. The highest BCUT2D eigenvalue weighted by molar-refractivity contribution is 14.1. The Labute approximate surface area is 88.0 Å². The van der Waals surface area contributed by atoms with Gasteiger partial charge in [-0.05, 0) is 56.8 Å². The predicted octanol–water partition coefficient (Wildman–Crippen LogP) is 3.54. The van der Waals surface area contributed by atoms with Crippen LogP contribution in [0, 0.1) is 7.14 Å². The molecule has 0 fully saturated rings. The van der Waals surface area contributed by atoms with Crippen molar-refractivity contribution in [1.29, 1.82) is 0 Å². The molecule has 0 aromatic heterocycles. The van der Waals surface area contributed by atoms with Gasteiger partial charge in [0.15, 0.2) is 0 Å². The Kier molecular flexibility index (Phi) is 3.16. The molecule has 0 atom stereocenters. The maximum absolute atomic E-state index is 3.72. The van der Waals surface area contributed by atoms with E-state index < -0.39 is 0 Å². The molecule has 1 aromatic carbocycles. The van der Waals surface area contributed by atoms with Crippen LogP contribution in [0.1, 0.15) is 5.56 Å². The molecule has 0 aliphatic rings. The van der Waals surface area contributed by atoms with Crippen molar-refractivity contribution >= 4 is 51.3 Å². The standard InChI is InChI=1S/C8H6I2/c1-2-6-4-3-5-7(9)8(6)10/h2-5H,1H2. The summed E-state index contributed by atoms with van der Waals surface area (Å²) in [5.74, 6) is 0. The minimum atomic E-state index is 1.22. The molecule has 0 amide bonds. The van der Waals surface area contributed by atoms with Crippen LogP contribution >= 0.6 is 45.2 Å². The fourth-order valence-electron chi connectivity index (χ4n) is 0.678. The number of hydrogen-bond donors (Lipinski definition) is 0. The average Bonchev–Trinajstić information content (AvgIpc) is 1.95. The first-order valence-corrected chi connectivity index (χ1v) is 4.98. The van der Waals surface area contributed by atoms with E-state index in [1.54, 1.807) is 0 Å². The lowest BCUT2D eigenvalue weighted by Crippen LogP contribution is -1.82. The van der Waals surface area contributed by atoms with Gasteiger partial charge in [0.25, 0.3) is 0 Å². The van der Waals surface area contributed by atoms with Gasteiger partial charge in [0.05, 0.1) is 0 Å². The highest BCUT2D eigenvalue weighted by Gasteiger charge is 1.97. The Morgan fingerprint density at radius 2 is 2.00 bits per heavy atom. The summed E-state index contributed by atoms with van der Waals surface area (Å²) in [5.41, 5.74) is 1.22. The van der Waals surface area contributed by atoms with Crippen LogP contribution in [0.25, 0.3) is 6.08 Å². The fourth-order valence-corrected chi connectivity index (χ4v) is 1.78. The number of benzene rings is 1. The summed E-state index contributed by atoms with van der Waals surface area (Å²) >= 11 is 4.64. The van der Waals surface area contributed by atoms with Gasteiger partial charge in [0.2, 0.25) is 0 Å². The third kappa shape index (κ3) is 1.72. The van der Waals surface area contributed by atoms with Crippen molar-refractivity contribution in [2.75, 3.05) is 0 Å². The van der Waals surface area contributed by atoms with Gasteiger partial charge in [-0.1, -0.05) is 24.8 Å². The van der Waals surface area contributed by atoms with E-state index in [1.165, 1.54) is 12.7 Å². The summed E-state index contributed by atoms with van der Waals surface area (Å²) in [7, 11) is 0. The van der Waals surface area contributed by atoms with Crippen LogP contribution in [0.5, 0.6) is 0 Å². The lowest BCUT2D eigenvalue weighted by atomic mass is 10.2. The van der Waals surface area contributed by atoms with Crippen molar-refractivity contribution in [2.24, 2.45) is 0 Å². The van der Waals surface area contributed by atoms with E-state index in [0.717, 1.165) is 0 Å². The maximum atomic E-state index is 3.72. The third-order valence-electron chi connectivity index (χ3n) is 1.20. The number of rotatable bonds is 1. The van der Waals surface area contributed by atoms with E-state index in [-0.39, 0.29) is 0 Å². The van der Waals surface area contributed by atoms with Crippen LogP contribution in [-0.4, -0.2) is 0 Å². The van der Waals surface area contributed by atoms with E-state index in [4.69, 9.17) is 0 Å². The summed E-state index contributed by atoms with van der Waals surface area (Å²) in [6.45, 7) is 3.72. The molecule has 0 saturated carbocycles. The highest BCUT2D eigenvalue weighted by atomic mass is 127. The smallest absolute Gasteiger partial charge is 0.0336 e. The van der Waals surface area contributed by atoms with Crippen molar-refractivity contribution in [3.63, 3.8) is 0 Å². The molecule has 2 heteroatoms. The molecule has 0 radical (unpaired) electrons. The first-order chi connectivity index (χ1) is 4.75. The largest absolute Gasteiger partial charge is 0.0984 e. The molecule has 0 heterocycles. The third-order valence-corrected chi connectivity index (χ3v) is 4.34. The van der Waals surface area contributed by atoms with Crippen LogP contribution in [0.15, 0.2) is 24.8 Å². The molecule has 0 N–H and O–H groups in total. The second-order valence-corrected chi connectivity index (χ2v) is 4.09. The first-order valence-electron chi connectivity index (χ1n) is 2.82. The zero-order valence-electron chi connectivity index (χ0n) is 5.27. The quantitative estimate of drug-likeness (QED) is 0.676. The van der Waals surface area contributed by atoms with E-state index in [1.807, 2.05) is 12.1 Å². The van der Waals surface area contributed by atoms with E-state index in [0.29, 0.717) is 0 Å². The monoisotopic (exact) mass is 356 g/mol. The lowest BCUT2D eigenvalue weighted by molar-refractivity contribution is 1.54. The second kappa shape index (κ2) is 3.71. The molecule has 0 aliphatic heterocycles. The van der Waals surface area contributed by atoms with Crippen LogP contribution in [0.3, 0.4) is 0 Å². The average molecular weight is 356 g/mol. The second-order valence-electron chi connectivity index (χ2n) is 1.85. The Hall–Kier alpha value is 0.420. The molecular formula is C8H6I2. The lowest BCUT2D eigenvalue weighted by Gasteiger charge is -1.98. The fraction of sp³-hybridized carbons (Fsp3) is 0. The molecule has 0 unspecified atom stereocenters.